The van der Waals surface area contributed by atoms with Crippen molar-refractivity contribution in [2.24, 2.45) is 0 Å². The lowest BCUT2D eigenvalue weighted by Gasteiger charge is -2.12. The van der Waals surface area contributed by atoms with Gasteiger partial charge in [-0.3, -0.25) is 4.79 Å². The summed E-state index contributed by atoms with van der Waals surface area (Å²) in [5, 5.41) is 2.82. The Kier molecular flexibility index (Phi) is 6.95. The van der Waals surface area contributed by atoms with Crippen LogP contribution >= 0.6 is 0 Å². The molecule has 1 amide bonds. The molecule has 0 atom stereocenters. The van der Waals surface area contributed by atoms with E-state index in [2.05, 4.69) is 29.6 Å². The van der Waals surface area contributed by atoms with E-state index >= 15 is 0 Å². The molecule has 0 saturated heterocycles. The largest absolute Gasteiger partial charge is 0.455 e. The predicted molar refractivity (Wildman–Crippen MR) is 117 cm³/mol. The molecule has 3 aromatic rings. The van der Waals surface area contributed by atoms with E-state index in [0.29, 0.717) is 6.54 Å². The molecule has 7 heteroatoms. The molecule has 30 heavy (non-hydrogen) atoms. The van der Waals surface area contributed by atoms with E-state index in [1.807, 2.05) is 19.0 Å². The van der Waals surface area contributed by atoms with Gasteiger partial charge in [-0.25, -0.2) is 8.42 Å². The number of rotatable bonds is 9. The van der Waals surface area contributed by atoms with Crippen LogP contribution in [0.4, 0.5) is 5.69 Å². The van der Waals surface area contributed by atoms with Crippen LogP contribution in [0.1, 0.15) is 28.3 Å². The number of carbonyl (C=O) groups excluding carboxylic acids is 1. The number of carbonyl (C=O) groups is 1. The third-order valence-electron chi connectivity index (χ3n) is 4.70. The Bertz CT molecular complexity index is 1070. The number of furan rings is 1. The van der Waals surface area contributed by atoms with Gasteiger partial charge < -0.3 is 14.6 Å². The van der Waals surface area contributed by atoms with E-state index < -0.39 is 9.84 Å². The summed E-state index contributed by atoms with van der Waals surface area (Å²) in [7, 11) is 0.489. The zero-order valence-electron chi connectivity index (χ0n) is 17.2. The Morgan fingerprint density at radius 2 is 1.67 bits per heavy atom. The van der Waals surface area contributed by atoms with Crippen molar-refractivity contribution < 1.29 is 17.6 Å². The first-order chi connectivity index (χ1) is 14.3. The lowest BCUT2D eigenvalue weighted by Crippen LogP contribution is -2.24. The van der Waals surface area contributed by atoms with Gasteiger partial charge in [0.05, 0.1) is 4.90 Å². The maximum absolute atomic E-state index is 12.4. The maximum Gasteiger partial charge on any atom is 0.286 e. The van der Waals surface area contributed by atoms with Crippen molar-refractivity contribution in [3.05, 3.63) is 83.8 Å². The number of hydrogen-bond acceptors (Lipinski definition) is 5. The Hall–Kier alpha value is -3.06. The van der Waals surface area contributed by atoms with Gasteiger partial charge in [0.1, 0.15) is 11.5 Å². The standard InChI is InChI=1S/C23H26N2O4S/c1-25(2)19-12-10-18(11-13-19)7-6-16-24-23(26)22-15-14-20(29-22)17-30(27,28)21-8-4-3-5-9-21/h3-5,8-15H,6-7,16-17H2,1-2H3,(H,24,26). The van der Waals surface area contributed by atoms with Gasteiger partial charge in [0, 0.05) is 26.3 Å². The lowest BCUT2D eigenvalue weighted by atomic mass is 10.1. The van der Waals surface area contributed by atoms with Gasteiger partial charge in [-0.2, -0.15) is 0 Å². The molecule has 0 spiro atoms. The van der Waals surface area contributed by atoms with Crippen LogP contribution in [-0.2, 0) is 22.0 Å². The van der Waals surface area contributed by atoms with Crippen molar-refractivity contribution in [3.63, 3.8) is 0 Å². The van der Waals surface area contributed by atoms with Crippen molar-refractivity contribution in [2.45, 2.75) is 23.5 Å². The summed E-state index contributed by atoms with van der Waals surface area (Å²) < 4.78 is 30.3. The highest BCUT2D eigenvalue weighted by molar-refractivity contribution is 7.90. The second kappa shape index (κ2) is 9.63. The van der Waals surface area contributed by atoms with E-state index in [-0.39, 0.29) is 28.1 Å². The number of nitrogens with zero attached hydrogens (tertiary/aromatic N) is 1. The lowest BCUT2D eigenvalue weighted by molar-refractivity contribution is 0.0924. The molecule has 1 N–H and O–H groups in total. The SMILES string of the molecule is CN(C)c1ccc(CCCNC(=O)c2ccc(CS(=O)(=O)c3ccccc3)o2)cc1. The van der Waals surface area contributed by atoms with Crippen LogP contribution in [0.3, 0.4) is 0 Å². The van der Waals surface area contributed by atoms with Crippen molar-refractivity contribution in [3.8, 4) is 0 Å². The number of amides is 1. The quantitative estimate of drug-likeness (QED) is 0.528. The highest BCUT2D eigenvalue weighted by Gasteiger charge is 2.19. The summed E-state index contributed by atoms with van der Waals surface area (Å²) in [6.07, 6.45) is 1.65. The minimum Gasteiger partial charge on any atom is -0.455 e. The molecule has 0 saturated carbocycles. The van der Waals surface area contributed by atoms with Crippen molar-refractivity contribution in [1.82, 2.24) is 5.32 Å². The van der Waals surface area contributed by atoms with Gasteiger partial charge in [0.2, 0.25) is 0 Å². The van der Waals surface area contributed by atoms with Crippen LogP contribution in [0.15, 0.2) is 76.0 Å². The van der Waals surface area contributed by atoms with Gasteiger partial charge in [0.15, 0.2) is 15.6 Å². The van der Waals surface area contributed by atoms with Crippen molar-refractivity contribution in [2.75, 3.05) is 25.5 Å². The summed E-state index contributed by atoms with van der Waals surface area (Å²) in [6, 6.07) is 19.5. The first-order valence-corrected chi connectivity index (χ1v) is 11.4. The first-order valence-electron chi connectivity index (χ1n) is 9.76. The molecule has 0 aliphatic rings. The van der Waals surface area contributed by atoms with Gasteiger partial charge >= 0.3 is 0 Å². The molecule has 3 rings (SSSR count). The van der Waals surface area contributed by atoms with Crippen LogP contribution in [0.25, 0.3) is 0 Å². The van der Waals surface area contributed by atoms with Gasteiger partial charge in [-0.05, 0) is 54.8 Å². The molecular weight excluding hydrogens is 400 g/mol. The second-order valence-electron chi connectivity index (χ2n) is 7.26. The molecule has 158 valence electrons. The van der Waals surface area contributed by atoms with E-state index in [0.717, 1.165) is 18.5 Å². The van der Waals surface area contributed by atoms with Crippen LogP contribution in [-0.4, -0.2) is 35.0 Å². The third-order valence-corrected chi connectivity index (χ3v) is 6.36. The molecule has 0 aliphatic carbocycles. The van der Waals surface area contributed by atoms with Gasteiger partial charge in [-0.15, -0.1) is 0 Å². The summed E-state index contributed by atoms with van der Waals surface area (Å²) in [5.74, 6) is -0.275. The van der Waals surface area contributed by atoms with E-state index in [1.54, 1.807) is 30.3 Å². The average molecular weight is 427 g/mol. The molecule has 0 radical (unpaired) electrons. The van der Waals surface area contributed by atoms with E-state index in [4.69, 9.17) is 4.42 Å². The summed E-state index contributed by atoms with van der Waals surface area (Å²) >= 11 is 0. The first kappa shape index (κ1) is 21.6. The smallest absolute Gasteiger partial charge is 0.286 e. The molecular formula is C23H26N2O4S. The topological polar surface area (TPSA) is 79.6 Å². The van der Waals surface area contributed by atoms with Crippen LogP contribution in [0.5, 0.6) is 0 Å². The molecule has 0 aliphatic heterocycles. The number of aryl methyl sites for hydroxylation is 1. The molecule has 0 fully saturated rings. The van der Waals surface area contributed by atoms with Crippen LogP contribution in [0.2, 0.25) is 0 Å². The zero-order chi connectivity index (χ0) is 21.6. The zero-order valence-corrected chi connectivity index (χ0v) is 18.0. The van der Waals surface area contributed by atoms with Crippen LogP contribution < -0.4 is 10.2 Å². The Labute approximate surface area is 177 Å². The molecule has 0 bridgehead atoms. The Balaban J connectivity index is 1.48. The molecule has 1 aromatic heterocycles. The molecule has 6 nitrogen and oxygen atoms in total. The number of nitrogens with one attached hydrogen (secondary N) is 1. The maximum atomic E-state index is 12.4. The van der Waals surface area contributed by atoms with E-state index in [1.165, 1.54) is 17.7 Å². The highest BCUT2D eigenvalue weighted by atomic mass is 32.2. The summed E-state index contributed by atoms with van der Waals surface area (Å²) in [4.78, 5) is 14.5. The molecule has 0 unspecified atom stereocenters. The third kappa shape index (κ3) is 5.73. The van der Waals surface area contributed by atoms with E-state index in [9.17, 15) is 13.2 Å². The fourth-order valence-corrected chi connectivity index (χ4v) is 4.29. The number of anilines is 1. The average Bonchev–Trinajstić information content (AvgIpc) is 3.20. The Morgan fingerprint density at radius 3 is 2.33 bits per heavy atom. The van der Waals surface area contributed by atoms with Crippen molar-refractivity contribution >= 4 is 21.4 Å². The second-order valence-corrected chi connectivity index (χ2v) is 9.25. The van der Waals surface area contributed by atoms with Gasteiger partial charge in [0.25, 0.3) is 5.91 Å². The minimum absolute atomic E-state index is 0.114. The summed E-state index contributed by atoms with van der Waals surface area (Å²) in [6.45, 7) is 0.507. The van der Waals surface area contributed by atoms with Crippen molar-refractivity contribution in [1.29, 1.82) is 0 Å². The van der Waals surface area contributed by atoms with Crippen LogP contribution in [0, 0.1) is 0 Å². The fraction of sp³-hybridized carbons (Fsp3) is 0.261. The fourth-order valence-electron chi connectivity index (χ4n) is 3.02. The number of benzene rings is 2. The Morgan fingerprint density at radius 1 is 0.967 bits per heavy atom. The monoisotopic (exact) mass is 426 g/mol. The van der Waals surface area contributed by atoms with Gasteiger partial charge in [-0.1, -0.05) is 30.3 Å². The normalized spacial score (nSPS) is 11.3. The molecule has 2 aromatic carbocycles. The number of hydrogen-bond donors (Lipinski definition) is 1. The summed E-state index contributed by atoms with van der Waals surface area (Å²) in [5.41, 5.74) is 2.36. The number of sulfone groups is 1. The highest BCUT2D eigenvalue weighted by Crippen LogP contribution is 2.18. The minimum atomic E-state index is -3.51. The molecule has 1 heterocycles. The predicted octanol–water partition coefficient (Wildman–Crippen LogP) is 3.68.